The molecule has 1 aliphatic rings. The molecule has 0 amide bonds. The predicted molar refractivity (Wildman–Crippen MR) is 86.8 cm³/mol. The third-order valence-corrected chi connectivity index (χ3v) is 4.24. The van der Waals surface area contributed by atoms with Gasteiger partial charge in [-0.3, -0.25) is 5.43 Å². The number of ether oxygens (including phenoxy) is 1. The number of benzene rings is 1. The van der Waals surface area contributed by atoms with Crippen molar-refractivity contribution >= 4 is 22.7 Å². The second-order valence-corrected chi connectivity index (χ2v) is 6.33. The molecular formula is C16H18FN3OS. The minimum absolute atomic E-state index is 0.259. The average Bonchev–Trinajstić information content (AvgIpc) is 3.23. The van der Waals surface area contributed by atoms with Crippen molar-refractivity contribution in [2.24, 2.45) is 11.0 Å². The SMILES string of the molecule is Cc1csc(NN=Cc2ccc(COCC3CC3)c(F)c2)n1. The fourth-order valence-corrected chi connectivity index (χ4v) is 2.59. The van der Waals surface area contributed by atoms with E-state index in [9.17, 15) is 4.39 Å². The topological polar surface area (TPSA) is 46.5 Å². The molecule has 0 unspecified atom stereocenters. The lowest BCUT2D eigenvalue weighted by atomic mass is 10.1. The van der Waals surface area contributed by atoms with Crippen molar-refractivity contribution in [2.75, 3.05) is 12.0 Å². The number of aromatic nitrogens is 1. The largest absolute Gasteiger partial charge is 0.376 e. The van der Waals surface area contributed by atoms with Crippen LogP contribution < -0.4 is 5.43 Å². The van der Waals surface area contributed by atoms with Crippen LogP contribution in [0.15, 0.2) is 28.7 Å². The molecule has 1 saturated carbocycles. The zero-order valence-electron chi connectivity index (χ0n) is 12.4. The lowest BCUT2D eigenvalue weighted by Gasteiger charge is -2.05. The van der Waals surface area contributed by atoms with Gasteiger partial charge in [0, 0.05) is 17.6 Å². The molecule has 0 radical (unpaired) electrons. The summed E-state index contributed by atoms with van der Waals surface area (Å²) in [5.74, 6) is 0.430. The standard InChI is InChI=1S/C16H18FN3OS/c1-11-10-22-16(19-11)20-18-7-13-4-5-14(15(17)6-13)9-21-8-12-2-3-12/h4-7,10,12H,2-3,8-9H2,1H3,(H,19,20). The zero-order valence-corrected chi connectivity index (χ0v) is 13.2. The van der Waals surface area contributed by atoms with Crippen molar-refractivity contribution in [3.8, 4) is 0 Å². The summed E-state index contributed by atoms with van der Waals surface area (Å²) in [6.07, 6.45) is 4.06. The number of aryl methyl sites for hydroxylation is 1. The number of rotatable bonds is 7. The second kappa shape index (κ2) is 6.98. The Morgan fingerprint density at radius 1 is 1.50 bits per heavy atom. The van der Waals surface area contributed by atoms with Crippen LogP contribution in [-0.2, 0) is 11.3 Å². The van der Waals surface area contributed by atoms with Gasteiger partial charge in [0.1, 0.15) is 5.82 Å². The van der Waals surface area contributed by atoms with Crippen LogP contribution >= 0.6 is 11.3 Å². The lowest BCUT2D eigenvalue weighted by Crippen LogP contribution is -2.00. The molecule has 1 aromatic heterocycles. The van der Waals surface area contributed by atoms with E-state index in [4.69, 9.17) is 4.74 Å². The summed E-state index contributed by atoms with van der Waals surface area (Å²) in [6, 6.07) is 5.04. The number of anilines is 1. The Hall–Kier alpha value is -1.79. The van der Waals surface area contributed by atoms with Crippen molar-refractivity contribution in [1.82, 2.24) is 4.98 Å². The zero-order chi connectivity index (χ0) is 15.4. The molecule has 1 aliphatic carbocycles. The number of hydrazone groups is 1. The van der Waals surface area contributed by atoms with E-state index >= 15 is 0 Å². The van der Waals surface area contributed by atoms with Gasteiger partial charge in [0.15, 0.2) is 0 Å². The molecule has 1 heterocycles. The first-order valence-electron chi connectivity index (χ1n) is 7.28. The van der Waals surface area contributed by atoms with Gasteiger partial charge in [-0.05, 0) is 37.3 Å². The van der Waals surface area contributed by atoms with Gasteiger partial charge in [0.25, 0.3) is 0 Å². The van der Waals surface area contributed by atoms with Crippen LogP contribution in [0, 0.1) is 18.7 Å². The molecule has 2 aromatic rings. The Morgan fingerprint density at radius 2 is 2.36 bits per heavy atom. The van der Waals surface area contributed by atoms with E-state index < -0.39 is 0 Å². The minimum Gasteiger partial charge on any atom is -0.376 e. The number of hydrogen-bond donors (Lipinski definition) is 1. The summed E-state index contributed by atoms with van der Waals surface area (Å²) in [5.41, 5.74) is 5.06. The van der Waals surface area contributed by atoms with Crippen molar-refractivity contribution in [3.05, 3.63) is 46.2 Å². The molecule has 6 heteroatoms. The van der Waals surface area contributed by atoms with Crippen LogP contribution in [0.25, 0.3) is 0 Å². The van der Waals surface area contributed by atoms with Crippen molar-refractivity contribution in [2.45, 2.75) is 26.4 Å². The van der Waals surface area contributed by atoms with E-state index in [0.717, 1.165) is 17.4 Å². The van der Waals surface area contributed by atoms with Gasteiger partial charge in [-0.25, -0.2) is 9.37 Å². The summed E-state index contributed by atoms with van der Waals surface area (Å²) in [7, 11) is 0. The van der Waals surface area contributed by atoms with Crippen molar-refractivity contribution in [3.63, 3.8) is 0 Å². The monoisotopic (exact) mass is 319 g/mol. The highest BCUT2D eigenvalue weighted by molar-refractivity contribution is 7.13. The molecule has 0 aliphatic heterocycles. The van der Waals surface area contributed by atoms with Crippen LogP contribution in [0.4, 0.5) is 9.52 Å². The molecule has 22 heavy (non-hydrogen) atoms. The summed E-state index contributed by atoms with van der Waals surface area (Å²) in [4.78, 5) is 4.23. The Bertz CT molecular complexity index is 667. The van der Waals surface area contributed by atoms with E-state index in [-0.39, 0.29) is 5.82 Å². The van der Waals surface area contributed by atoms with E-state index in [1.807, 2.05) is 18.4 Å². The van der Waals surface area contributed by atoms with Crippen LogP contribution in [0.5, 0.6) is 0 Å². The number of nitrogens with one attached hydrogen (secondary N) is 1. The summed E-state index contributed by atoms with van der Waals surface area (Å²) >= 11 is 1.48. The molecule has 1 N–H and O–H groups in total. The highest BCUT2D eigenvalue weighted by atomic mass is 32.1. The molecule has 0 atom stereocenters. The van der Waals surface area contributed by atoms with E-state index in [1.54, 1.807) is 12.3 Å². The lowest BCUT2D eigenvalue weighted by molar-refractivity contribution is 0.109. The molecule has 1 fully saturated rings. The van der Waals surface area contributed by atoms with Crippen molar-refractivity contribution < 1.29 is 9.13 Å². The third-order valence-electron chi connectivity index (χ3n) is 3.38. The van der Waals surface area contributed by atoms with Crippen LogP contribution in [0.1, 0.15) is 29.7 Å². The quantitative estimate of drug-likeness (QED) is 0.620. The molecular weight excluding hydrogens is 301 g/mol. The maximum absolute atomic E-state index is 14.0. The van der Waals surface area contributed by atoms with Gasteiger partial charge in [-0.15, -0.1) is 11.3 Å². The van der Waals surface area contributed by atoms with Gasteiger partial charge in [0.05, 0.1) is 18.5 Å². The third kappa shape index (κ3) is 4.35. The highest BCUT2D eigenvalue weighted by Gasteiger charge is 2.21. The molecule has 1 aromatic carbocycles. The van der Waals surface area contributed by atoms with Crippen LogP contribution in [0.3, 0.4) is 0 Å². The number of nitrogens with zero attached hydrogens (tertiary/aromatic N) is 2. The molecule has 0 spiro atoms. The van der Waals surface area contributed by atoms with Gasteiger partial charge in [0.2, 0.25) is 5.13 Å². The van der Waals surface area contributed by atoms with E-state index in [2.05, 4.69) is 15.5 Å². The number of hydrogen-bond acceptors (Lipinski definition) is 5. The second-order valence-electron chi connectivity index (χ2n) is 5.47. The summed E-state index contributed by atoms with van der Waals surface area (Å²) in [6.45, 7) is 2.99. The summed E-state index contributed by atoms with van der Waals surface area (Å²) < 4.78 is 19.5. The van der Waals surface area contributed by atoms with Gasteiger partial charge >= 0.3 is 0 Å². The summed E-state index contributed by atoms with van der Waals surface area (Å²) in [5, 5.41) is 6.72. The highest BCUT2D eigenvalue weighted by Crippen LogP contribution is 2.29. The Balaban J connectivity index is 1.53. The predicted octanol–water partition coefficient (Wildman–Crippen LogP) is 3.96. The van der Waals surface area contributed by atoms with Crippen LogP contribution in [-0.4, -0.2) is 17.8 Å². The fourth-order valence-electron chi connectivity index (χ4n) is 1.95. The van der Waals surface area contributed by atoms with Crippen LogP contribution in [0.2, 0.25) is 0 Å². The molecule has 116 valence electrons. The molecule has 0 bridgehead atoms. The Kier molecular flexibility index (Phi) is 4.80. The molecule has 4 nitrogen and oxygen atoms in total. The molecule has 3 rings (SSSR count). The van der Waals surface area contributed by atoms with Gasteiger partial charge in [-0.2, -0.15) is 5.10 Å². The molecule has 0 saturated heterocycles. The van der Waals surface area contributed by atoms with Gasteiger partial charge in [-0.1, -0.05) is 12.1 Å². The normalized spacial score (nSPS) is 14.6. The minimum atomic E-state index is -0.259. The number of halogens is 1. The average molecular weight is 319 g/mol. The first kappa shape index (κ1) is 15.1. The first-order chi connectivity index (χ1) is 10.7. The van der Waals surface area contributed by atoms with E-state index in [0.29, 0.717) is 23.7 Å². The maximum Gasteiger partial charge on any atom is 0.203 e. The van der Waals surface area contributed by atoms with Crippen molar-refractivity contribution in [1.29, 1.82) is 0 Å². The van der Waals surface area contributed by atoms with Gasteiger partial charge < -0.3 is 4.74 Å². The van der Waals surface area contributed by atoms with E-state index in [1.165, 1.54) is 30.2 Å². The maximum atomic E-state index is 14.0. The Morgan fingerprint density at radius 3 is 3.05 bits per heavy atom. The first-order valence-corrected chi connectivity index (χ1v) is 8.16. The number of thiazole rings is 1. The smallest absolute Gasteiger partial charge is 0.203 e. The fraction of sp³-hybridized carbons (Fsp3) is 0.375. The Labute approximate surface area is 133 Å².